The fourth-order valence-corrected chi connectivity index (χ4v) is 2.57. The first-order valence-corrected chi connectivity index (χ1v) is 8.67. The lowest BCUT2D eigenvalue weighted by atomic mass is 10.2. The summed E-state index contributed by atoms with van der Waals surface area (Å²) in [6, 6.07) is 12.0. The van der Waals surface area contributed by atoms with Crippen LogP contribution in [-0.2, 0) is 13.0 Å². The number of aryl methyl sites for hydroxylation is 1. The second-order valence-corrected chi connectivity index (χ2v) is 5.89. The van der Waals surface area contributed by atoms with Gasteiger partial charge in [0.2, 0.25) is 0 Å². The Morgan fingerprint density at radius 3 is 2.73 bits per heavy atom. The Balaban J connectivity index is 0.00000243. The first-order valence-electron chi connectivity index (χ1n) is 8.67. The Morgan fingerprint density at radius 2 is 2.04 bits per heavy atom. The molecule has 0 spiro atoms. The molecule has 0 radical (unpaired) electrons. The van der Waals surface area contributed by atoms with E-state index in [0.717, 1.165) is 41.1 Å². The van der Waals surface area contributed by atoms with Gasteiger partial charge in [0.25, 0.3) is 0 Å². The molecule has 0 saturated carbocycles. The summed E-state index contributed by atoms with van der Waals surface area (Å²) in [6.45, 7) is 7.34. The highest BCUT2D eigenvalue weighted by Gasteiger charge is 2.13. The molecule has 0 aliphatic rings. The van der Waals surface area contributed by atoms with Gasteiger partial charge in [-0.1, -0.05) is 30.3 Å². The summed E-state index contributed by atoms with van der Waals surface area (Å²) >= 11 is 0. The maximum absolute atomic E-state index is 5.92. The second-order valence-electron chi connectivity index (χ2n) is 5.89. The fraction of sp³-hybridized carbons (Fsp3) is 0.368. The van der Waals surface area contributed by atoms with Gasteiger partial charge in [0, 0.05) is 18.0 Å². The van der Waals surface area contributed by atoms with E-state index in [1.807, 2.05) is 51.1 Å². The SMILES string of the molecule is CCNC(=NCc1cc(CC)no1)NC(C)c1cc2ccccc2o1.I. The van der Waals surface area contributed by atoms with Gasteiger partial charge in [-0.05, 0) is 32.4 Å². The molecule has 26 heavy (non-hydrogen) atoms. The minimum absolute atomic E-state index is 0. The summed E-state index contributed by atoms with van der Waals surface area (Å²) in [4.78, 5) is 4.57. The number of para-hydroxylation sites is 1. The van der Waals surface area contributed by atoms with Gasteiger partial charge in [0.15, 0.2) is 11.7 Å². The quantitative estimate of drug-likeness (QED) is 0.318. The van der Waals surface area contributed by atoms with Gasteiger partial charge in [0.05, 0.1) is 11.7 Å². The van der Waals surface area contributed by atoms with Gasteiger partial charge in [-0.3, -0.25) is 0 Å². The Kier molecular flexibility index (Phi) is 7.50. The molecule has 0 fully saturated rings. The third-order valence-electron chi connectivity index (χ3n) is 3.93. The van der Waals surface area contributed by atoms with E-state index in [0.29, 0.717) is 12.5 Å². The van der Waals surface area contributed by atoms with E-state index in [-0.39, 0.29) is 30.0 Å². The minimum atomic E-state index is -0.00821. The summed E-state index contributed by atoms with van der Waals surface area (Å²) in [5, 5.41) is 11.7. The van der Waals surface area contributed by atoms with E-state index in [4.69, 9.17) is 8.94 Å². The van der Waals surface area contributed by atoms with Gasteiger partial charge in [-0.2, -0.15) is 0 Å². The van der Waals surface area contributed by atoms with Crippen LogP contribution in [0, 0.1) is 0 Å². The summed E-state index contributed by atoms with van der Waals surface area (Å²) in [7, 11) is 0. The predicted molar refractivity (Wildman–Crippen MR) is 114 cm³/mol. The van der Waals surface area contributed by atoms with Crippen LogP contribution in [0.25, 0.3) is 11.0 Å². The lowest BCUT2D eigenvalue weighted by Crippen LogP contribution is -2.38. The van der Waals surface area contributed by atoms with E-state index in [1.54, 1.807) is 0 Å². The second kappa shape index (κ2) is 9.61. The van der Waals surface area contributed by atoms with Crippen LogP contribution in [0.1, 0.15) is 44.0 Å². The van der Waals surface area contributed by atoms with Crippen molar-refractivity contribution in [3.63, 3.8) is 0 Å². The number of benzene rings is 1. The zero-order valence-corrected chi connectivity index (χ0v) is 17.6. The number of hydrogen-bond donors (Lipinski definition) is 2. The zero-order chi connectivity index (χ0) is 17.6. The molecular weight excluding hydrogens is 443 g/mol. The number of aromatic nitrogens is 1. The van der Waals surface area contributed by atoms with Crippen molar-refractivity contribution in [3.05, 3.63) is 53.6 Å². The maximum atomic E-state index is 5.92. The molecule has 140 valence electrons. The first-order chi connectivity index (χ1) is 12.2. The molecular formula is C19H25IN4O2. The average Bonchev–Trinajstić information content (AvgIpc) is 3.26. The van der Waals surface area contributed by atoms with Gasteiger partial charge >= 0.3 is 0 Å². The Bertz CT molecular complexity index is 823. The minimum Gasteiger partial charge on any atom is -0.459 e. The monoisotopic (exact) mass is 468 g/mol. The number of furan rings is 1. The Hall–Kier alpha value is -2.03. The molecule has 0 aliphatic carbocycles. The van der Waals surface area contributed by atoms with Gasteiger partial charge in [0.1, 0.15) is 17.9 Å². The fourth-order valence-electron chi connectivity index (χ4n) is 2.57. The summed E-state index contributed by atoms with van der Waals surface area (Å²) in [5.74, 6) is 2.34. The molecule has 0 bridgehead atoms. The van der Waals surface area contributed by atoms with E-state index in [1.165, 1.54) is 0 Å². The average molecular weight is 468 g/mol. The molecule has 2 aromatic heterocycles. The number of nitrogens with zero attached hydrogens (tertiary/aromatic N) is 2. The molecule has 3 rings (SSSR count). The van der Waals surface area contributed by atoms with Crippen molar-refractivity contribution in [2.45, 2.75) is 39.8 Å². The van der Waals surface area contributed by atoms with Crippen LogP contribution >= 0.6 is 24.0 Å². The van der Waals surface area contributed by atoms with Crippen LogP contribution in [0.3, 0.4) is 0 Å². The summed E-state index contributed by atoms with van der Waals surface area (Å²) in [6.07, 6.45) is 0.856. The molecule has 2 heterocycles. The summed E-state index contributed by atoms with van der Waals surface area (Å²) < 4.78 is 11.2. The predicted octanol–water partition coefficient (Wildman–Crippen LogP) is 4.42. The van der Waals surface area contributed by atoms with Crippen molar-refractivity contribution in [3.8, 4) is 0 Å². The first kappa shape index (κ1) is 20.3. The molecule has 1 atom stereocenters. The number of guanidine groups is 1. The van der Waals surface area contributed by atoms with Crippen LogP contribution in [0.15, 0.2) is 50.3 Å². The molecule has 1 aromatic carbocycles. The van der Waals surface area contributed by atoms with Gasteiger partial charge in [-0.25, -0.2) is 4.99 Å². The zero-order valence-electron chi connectivity index (χ0n) is 15.3. The van der Waals surface area contributed by atoms with E-state index < -0.39 is 0 Å². The van der Waals surface area contributed by atoms with Gasteiger partial charge in [-0.15, -0.1) is 24.0 Å². The number of halogens is 1. The highest BCUT2D eigenvalue weighted by Crippen LogP contribution is 2.23. The molecule has 0 amide bonds. The Morgan fingerprint density at radius 1 is 1.23 bits per heavy atom. The third kappa shape index (κ3) is 5.00. The molecule has 2 N–H and O–H groups in total. The maximum Gasteiger partial charge on any atom is 0.192 e. The van der Waals surface area contributed by atoms with Crippen LogP contribution < -0.4 is 10.6 Å². The van der Waals surface area contributed by atoms with Crippen LogP contribution in [0.4, 0.5) is 0 Å². The van der Waals surface area contributed by atoms with Crippen LogP contribution in [0.2, 0.25) is 0 Å². The van der Waals surface area contributed by atoms with Gasteiger partial charge < -0.3 is 19.6 Å². The van der Waals surface area contributed by atoms with Crippen LogP contribution in [0.5, 0.6) is 0 Å². The molecule has 0 aliphatic heterocycles. The van der Waals surface area contributed by atoms with E-state index in [2.05, 4.69) is 26.8 Å². The topological polar surface area (TPSA) is 75.6 Å². The van der Waals surface area contributed by atoms with Crippen molar-refractivity contribution < 1.29 is 8.94 Å². The van der Waals surface area contributed by atoms with Crippen molar-refractivity contribution >= 4 is 40.9 Å². The highest BCUT2D eigenvalue weighted by atomic mass is 127. The largest absolute Gasteiger partial charge is 0.459 e. The third-order valence-corrected chi connectivity index (χ3v) is 3.93. The van der Waals surface area contributed by atoms with Crippen molar-refractivity contribution in [1.29, 1.82) is 0 Å². The standard InChI is InChI=1S/C19H24N4O2.HI/c1-4-15-11-16(25-23-15)12-21-19(20-5-2)22-13(3)18-10-14-8-6-7-9-17(14)24-18;/h6-11,13H,4-5,12H2,1-3H3,(H2,20,21,22);1H. The molecule has 1 unspecified atom stereocenters. The molecule has 3 aromatic rings. The smallest absolute Gasteiger partial charge is 0.192 e. The van der Waals surface area contributed by atoms with E-state index in [9.17, 15) is 0 Å². The lowest BCUT2D eigenvalue weighted by Gasteiger charge is -2.15. The number of nitrogens with one attached hydrogen (secondary N) is 2. The van der Waals surface area contributed by atoms with E-state index >= 15 is 0 Å². The molecule has 7 heteroatoms. The lowest BCUT2D eigenvalue weighted by molar-refractivity contribution is 0.379. The van der Waals surface area contributed by atoms with Crippen molar-refractivity contribution in [2.24, 2.45) is 4.99 Å². The molecule has 0 saturated heterocycles. The number of hydrogen-bond acceptors (Lipinski definition) is 4. The van der Waals surface area contributed by atoms with Crippen molar-refractivity contribution in [1.82, 2.24) is 15.8 Å². The number of rotatable bonds is 6. The van der Waals surface area contributed by atoms with Crippen LogP contribution in [-0.4, -0.2) is 17.7 Å². The molecule has 6 nitrogen and oxygen atoms in total. The number of aliphatic imine (C=N–C) groups is 1. The number of fused-ring (bicyclic) bond motifs is 1. The highest BCUT2D eigenvalue weighted by molar-refractivity contribution is 14.0. The Labute approximate surface area is 170 Å². The normalized spacial score (nSPS) is 12.7. The summed E-state index contributed by atoms with van der Waals surface area (Å²) in [5.41, 5.74) is 1.83. The van der Waals surface area contributed by atoms with Crippen molar-refractivity contribution in [2.75, 3.05) is 6.54 Å².